The Morgan fingerprint density at radius 2 is 1.79 bits per heavy atom. The quantitative estimate of drug-likeness (QED) is 0.804. The van der Waals surface area contributed by atoms with Gasteiger partial charge in [0.2, 0.25) is 5.91 Å². The molecule has 4 heteroatoms. The number of carbonyl (C=O) groups is 1. The Hall–Kier alpha value is -1.39. The number of ether oxygens (including phenoxy) is 1. The van der Waals surface area contributed by atoms with Gasteiger partial charge in [0.1, 0.15) is 0 Å². The summed E-state index contributed by atoms with van der Waals surface area (Å²) in [6.45, 7) is 6.01. The van der Waals surface area contributed by atoms with Crippen LogP contribution >= 0.6 is 0 Å². The van der Waals surface area contributed by atoms with Gasteiger partial charge < -0.3 is 9.64 Å². The van der Waals surface area contributed by atoms with Crippen LogP contribution in [0.4, 0.5) is 0 Å². The highest BCUT2D eigenvalue weighted by Gasteiger charge is 2.23. The molecular formula is C20H30N2O2. The van der Waals surface area contributed by atoms with E-state index >= 15 is 0 Å². The van der Waals surface area contributed by atoms with Crippen molar-refractivity contribution in [3.8, 4) is 0 Å². The number of amides is 1. The van der Waals surface area contributed by atoms with Gasteiger partial charge in [-0.2, -0.15) is 0 Å². The lowest BCUT2D eigenvalue weighted by Gasteiger charge is -2.32. The van der Waals surface area contributed by atoms with Crippen molar-refractivity contribution >= 4 is 5.91 Å². The zero-order chi connectivity index (χ0) is 16.6. The molecule has 2 aliphatic rings. The Bertz CT molecular complexity index is 494. The van der Waals surface area contributed by atoms with Crippen LogP contribution in [0.3, 0.4) is 0 Å². The van der Waals surface area contributed by atoms with Crippen molar-refractivity contribution < 1.29 is 9.53 Å². The lowest BCUT2D eigenvalue weighted by Crippen LogP contribution is -2.44. The van der Waals surface area contributed by atoms with E-state index in [1.165, 1.54) is 12.0 Å². The second-order valence-electron chi connectivity index (χ2n) is 7.15. The average molecular weight is 330 g/mol. The molecule has 0 aliphatic carbocycles. The van der Waals surface area contributed by atoms with E-state index in [-0.39, 0.29) is 0 Å². The van der Waals surface area contributed by atoms with Crippen LogP contribution in [-0.4, -0.2) is 55.1 Å². The van der Waals surface area contributed by atoms with E-state index in [1.807, 2.05) is 6.07 Å². The van der Waals surface area contributed by atoms with E-state index in [1.54, 1.807) is 0 Å². The summed E-state index contributed by atoms with van der Waals surface area (Å²) in [5, 5.41) is 0. The number of hydrogen-bond donors (Lipinski definition) is 0. The van der Waals surface area contributed by atoms with E-state index in [4.69, 9.17) is 4.74 Å². The highest BCUT2D eigenvalue weighted by atomic mass is 16.5. The first-order valence-corrected chi connectivity index (χ1v) is 9.43. The summed E-state index contributed by atoms with van der Waals surface area (Å²) in [4.78, 5) is 17.1. The Morgan fingerprint density at radius 3 is 2.50 bits per heavy atom. The molecule has 1 aromatic rings. The molecule has 1 amide bonds. The van der Waals surface area contributed by atoms with Crippen molar-refractivity contribution in [3.05, 3.63) is 35.9 Å². The molecule has 2 heterocycles. The van der Waals surface area contributed by atoms with E-state index in [0.29, 0.717) is 18.4 Å². The first-order valence-electron chi connectivity index (χ1n) is 9.43. The molecule has 2 aliphatic heterocycles. The minimum absolute atomic E-state index is 0.303. The Balaban J connectivity index is 1.60. The first kappa shape index (κ1) is 17.4. The standard InChI is InChI=1S/C20H30N2O2/c23-20(22-11-5-2-6-12-22)17-21(15-18-7-3-1-4-8-18)16-19-9-13-24-14-10-19/h1,3-4,7-8,19H,2,5-6,9-17H2. The largest absolute Gasteiger partial charge is 0.381 e. The number of likely N-dealkylation sites (tertiary alicyclic amines) is 1. The fourth-order valence-electron chi connectivity index (χ4n) is 3.76. The van der Waals surface area contributed by atoms with Crippen molar-refractivity contribution in [1.82, 2.24) is 9.80 Å². The minimum atomic E-state index is 0.303. The van der Waals surface area contributed by atoms with Crippen LogP contribution in [0.1, 0.15) is 37.7 Å². The summed E-state index contributed by atoms with van der Waals surface area (Å²) in [5.41, 5.74) is 1.29. The molecule has 0 bridgehead atoms. The summed E-state index contributed by atoms with van der Waals surface area (Å²) in [7, 11) is 0. The van der Waals surface area contributed by atoms with Gasteiger partial charge >= 0.3 is 0 Å². The Kier molecular flexibility index (Phi) is 6.67. The number of benzene rings is 1. The molecule has 0 N–H and O–H groups in total. The average Bonchev–Trinajstić information content (AvgIpc) is 2.64. The molecule has 2 saturated heterocycles. The molecule has 2 fully saturated rings. The van der Waals surface area contributed by atoms with Crippen molar-refractivity contribution in [2.75, 3.05) is 39.4 Å². The minimum Gasteiger partial charge on any atom is -0.381 e. The first-order chi connectivity index (χ1) is 11.8. The molecule has 0 unspecified atom stereocenters. The molecule has 0 saturated carbocycles. The van der Waals surface area contributed by atoms with Gasteiger partial charge in [-0.15, -0.1) is 0 Å². The van der Waals surface area contributed by atoms with Gasteiger partial charge in [-0.3, -0.25) is 9.69 Å². The highest BCUT2D eigenvalue weighted by Crippen LogP contribution is 2.18. The van der Waals surface area contributed by atoms with Crippen molar-refractivity contribution in [2.24, 2.45) is 5.92 Å². The maximum absolute atomic E-state index is 12.7. The molecule has 0 radical (unpaired) electrons. The predicted octanol–water partition coefficient (Wildman–Crippen LogP) is 2.93. The summed E-state index contributed by atoms with van der Waals surface area (Å²) >= 11 is 0. The Morgan fingerprint density at radius 1 is 1.08 bits per heavy atom. The van der Waals surface area contributed by atoms with Crippen LogP contribution in [0.25, 0.3) is 0 Å². The highest BCUT2D eigenvalue weighted by molar-refractivity contribution is 5.78. The second kappa shape index (κ2) is 9.19. The zero-order valence-electron chi connectivity index (χ0n) is 14.7. The molecule has 0 atom stereocenters. The molecule has 3 rings (SSSR count). The Labute approximate surface area is 145 Å². The summed E-state index contributed by atoms with van der Waals surface area (Å²) in [6, 6.07) is 10.5. The maximum atomic E-state index is 12.7. The van der Waals surface area contributed by atoms with E-state index < -0.39 is 0 Å². The number of piperidine rings is 1. The van der Waals surface area contributed by atoms with E-state index in [9.17, 15) is 4.79 Å². The number of hydrogen-bond acceptors (Lipinski definition) is 3. The van der Waals surface area contributed by atoms with Gasteiger partial charge in [-0.1, -0.05) is 30.3 Å². The monoisotopic (exact) mass is 330 g/mol. The molecule has 1 aromatic carbocycles. The van der Waals surface area contributed by atoms with Crippen LogP contribution in [-0.2, 0) is 16.1 Å². The molecule has 132 valence electrons. The number of carbonyl (C=O) groups excluding carboxylic acids is 1. The second-order valence-corrected chi connectivity index (χ2v) is 7.15. The normalized spacial score (nSPS) is 19.6. The lowest BCUT2D eigenvalue weighted by molar-refractivity contribution is -0.133. The molecule has 0 spiro atoms. The smallest absolute Gasteiger partial charge is 0.236 e. The third-order valence-electron chi connectivity index (χ3n) is 5.17. The van der Waals surface area contributed by atoms with Crippen LogP contribution < -0.4 is 0 Å². The maximum Gasteiger partial charge on any atom is 0.236 e. The SMILES string of the molecule is O=C(CN(Cc1ccccc1)CC1CCOCC1)N1CCCCC1. The van der Waals surface area contributed by atoms with Crippen LogP contribution in [0, 0.1) is 5.92 Å². The van der Waals surface area contributed by atoms with Gasteiger partial charge in [-0.25, -0.2) is 0 Å². The van der Waals surface area contributed by atoms with Gasteiger partial charge in [0.15, 0.2) is 0 Å². The van der Waals surface area contributed by atoms with Crippen molar-refractivity contribution in [2.45, 2.75) is 38.6 Å². The number of nitrogens with zero attached hydrogens (tertiary/aromatic N) is 2. The van der Waals surface area contributed by atoms with Gasteiger partial charge in [0.25, 0.3) is 0 Å². The predicted molar refractivity (Wildman–Crippen MR) is 95.7 cm³/mol. The zero-order valence-corrected chi connectivity index (χ0v) is 14.7. The van der Waals surface area contributed by atoms with E-state index in [2.05, 4.69) is 34.1 Å². The van der Waals surface area contributed by atoms with Gasteiger partial charge in [0.05, 0.1) is 6.54 Å². The lowest BCUT2D eigenvalue weighted by atomic mass is 9.99. The van der Waals surface area contributed by atoms with Gasteiger partial charge in [0, 0.05) is 39.4 Å². The molecule has 4 nitrogen and oxygen atoms in total. The van der Waals surface area contributed by atoms with Crippen LogP contribution in [0.2, 0.25) is 0 Å². The topological polar surface area (TPSA) is 32.8 Å². The van der Waals surface area contributed by atoms with Gasteiger partial charge in [-0.05, 0) is 43.6 Å². The fourth-order valence-corrected chi connectivity index (χ4v) is 3.76. The summed E-state index contributed by atoms with van der Waals surface area (Å²) < 4.78 is 5.48. The summed E-state index contributed by atoms with van der Waals surface area (Å²) in [5.74, 6) is 0.953. The van der Waals surface area contributed by atoms with Crippen molar-refractivity contribution in [3.63, 3.8) is 0 Å². The van der Waals surface area contributed by atoms with Crippen LogP contribution in [0.15, 0.2) is 30.3 Å². The van der Waals surface area contributed by atoms with Crippen LogP contribution in [0.5, 0.6) is 0 Å². The summed E-state index contributed by atoms with van der Waals surface area (Å²) in [6.07, 6.45) is 5.81. The van der Waals surface area contributed by atoms with Crippen molar-refractivity contribution in [1.29, 1.82) is 0 Å². The molecule has 0 aromatic heterocycles. The molecular weight excluding hydrogens is 300 g/mol. The molecule has 24 heavy (non-hydrogen) atoms. The fraction of sp³-hybridized carbons (Fsp3) is 0.650. The van der Waals surface area contributed by atoms with E-state index in [0.717, 1.165) is 65.1 Å². The number of rotatable bonds is 6. The third-order valence-corrected chi connectivity index (χ3v) is 5.17. The third kappa shape index (κ3) is 5.32.